The molecular formula is C28H46O3. The Kier molecular flexibility index (Phi) is 6.34. The molecule has 0 bridgehead atoms. The second-order valence-electron chi connectivity index (χ2n) is 12.3. The van der Waals surface area contributed by atoms with Crippen molar-refractivity contribution in [3.63, 3.8) is 0 Å². The van der Waals surface area contributed by atoms with Gasteiger partial charge in [-0.3, -0.25) is 0 Å². The van der Waals surface area contributed by atoms with Gasteiger partial charge in [0.1, 0.15) is 0 Å². The number of hydrogen-bond donors (Lipinski definition) is 1. The first-order chi connectivity index (χ1) is 15.0. The van der Waals surface area contributed by atoms with E-state index in [0.717, 1.165) is 43.1 Å². The van der Waals surface area contributed by atoms with Crippen molar-refractivity contribution in [1.82, 2.24) is 0 Å². The Morgan fingerprint density at radius 1 is 0.935 bits per heavy atom. The molecule has 0 radical (unpaired) electrons. The molecule has 5 aliphatic rings. The molecule has 5 fully saturated rings. The van der Waals surface area contributed by atoms with Gasteiger partial charge in [0.25, 0.3) is 0 Å². The second-order valence-corrected chi connectivity index (χ2v) is 12.3. The minimum Gasteiger partial charge on any atom is -0.396 e. The van der Waals surface area contributed by atoms with E-state index < -0.39 is 0 Å². The smallest absolute Gasteiger partial charge is 0.157 e. The van der Waals surface area contributed by atoms with Crippen LogP contribution in [0.5, 0.6) is 0 Å². The molecule has 10 atom stereocenters. The minimum absolute atomic E-state index is 0.0241. The van der Waals surface area contributed by atoms with Gasteiger partial charge in [0.2, 0.25) is 0 Å². The molecule has 31 heavy (non-hydrogen) atoms. The highest BCUT2D eigenvalue weighted by Gasteiger charge is 2.61. The zero-order valence-electron chi connectivity index (χ0n) is 20.1. The summed E-state index contributed by atoms with van der Waals surface area (Å²) in [6.07, 6.45) is 17.7. The van der Waals surface area contributed by atoms with Crippen LogP contribution in [0.25, 0.3) is 0 Å². The van der Waals surface area contributed by atoms with Gasteiger partial charge in [-0.15, -0.1) is 6.58 Å². The van der Waals surface area contributed by atoms with Gasteiger partial charge in [-0.1, -0.05) is 19.9 Å². The summed E-state index contributed by atoms with van der Waals surface area (Å²) >= 11 is 0. The number of ether oxygens (including phenoxy) is 2. The lowest BCUT2D eigenvalue weighted by molar-refractivity contribution is -0.230. The molecule has 3 heteroatoms. The van der Waals surface area contributed by atoms with Crippen LogP contribution in [0, 0.1) is 46.3 Å². The van der Waals surface area contributed by atoms with E-state index in [2.05, 4.69) is 26.5 Å². The van der Waals surface area contributed by atoms with Crippen molar-refractivity contribution in [3.05, 3.63) is 12.7 Å². The molecule has 1 N–H and O–H groups in total. The van der Waals surface area contributed by atoms with Crippen molar-refractivity contribution in [2.75, 3.05) is 13.2 Å². The van der Waals surface area contributed by atoms with Crippen LogP contribution in [-0.2, 0) is 9.47 Å². The standard InChI is InChI=1S/C28H46O3/c1-4-7-21-23-12-10-20-22-11-9-19(18-29)27(22,2)15-13-24(20)28(23,3)16-14-25(21)31-26-8-5-6-17-30-26/h4,19-26,29H,1,5-18H2,2-3H3/t19-,20+,21+,22+,23+,24+,25-,26?,27-,28+/m1/s1. The zero-order chi connectivity index (χ0) is 21.6. The fraction of sp³-hybridized carbons (Fsp3) is 0.929. The molecule has 0 aromatic heterocycles. The molecule has 3 nitrogen and oxygen atoms in total. The SMILES string of the molecule is C=CC[C@@H]1[C@H](OC2CCCCO2)CC[C@@]2(C)[C@H]1CC[C@@H]1[C@@H]2CC[C@]2(C)[C@@H](CO)CC[C@@H]12. The Bertz CT molecular complexity index is 642. The highest BCUT2D eigenvalue weighted by atomic mass is 16.7. The van der Waals surface area contributed by atoms with Gasteiger partial charge in [0.05, 0.1) is 6.10 Å². The van der Waals surface area contributed by atoms with Gasteiger partial charge in [-0.2, -0.15) is 0 Å². The summed E-state index contributed by atoms with van der Waals surface area (Å²) in [6, 6.07) is 0. The van der Waals surface area contributed by atoms with Crippen molar-refractivity contribution < 1.29 is 14.6 Å². The van der Waals surface area contributed by atoms with Crippen LogP contribution in [0.3, 0.4) is 0 Å². The molecule has 176 valence electrons. The van der Waals surface area contributed by atoms with Crippen LogP contribution in [0.2, 0.25) is 0 Å². The quantitative estimate of drug-likeness (QED) is 0.408. The van der Waals surface area contributed by atoms with Crippen LogP contribution in [0.4, 0.5) is 0 Å². The second kappa shape index (κ2) is 8.76. The molecule has 1 aliphatic heterocycles. The molecule has 1 saturated heterocycles. The maximum atomic E-state index is 10.0. The van der Waals surface area contributed by atoms with Gasteiger partial charge in [-0.25, -0.2) is 0 Å². The van der Waals surface area contributed by atoms with Crippen LogP contribution in [0.15, 0.2) is 12.7 Å². The third-order valence-electron chi connectivity index (χ3n) is 11.2. The average Bonchev–Trinajstić information content (AvgIpc) is 3.12. The number of aliphatic hydroxyl groups is 1. The van der Waals surface area contributed by atoms with Crippen LogP contribution >= 0.6 is 0 Å². The fourth-order valence-corrected chi connectivity index (χ4v) is 9.59. The van der Waals surface area contributed by atoms with E-state index in [1.165, 1.54) is 64.2 Å². The van der Waals surface area contributed by atoms with E-state index in [-0.39, 0.29) is 6.29 Å². The minimum atomic E-state index is 0.0241. The Labute approximate surface area is 190 Å². The summed E-state index contributed by atoms with van der Waals surface area (Å²) < 4.78 is 12.6. The highest BCUT2D eigenvalue weighted by Crippen LogP contribution is 2.68. The molecule has 0 aromatic rings. The number of aliphatic hydroxyl groups excluding tert-OH is 1. The van der Waals surface area contributed by atoms with Gasteiger partial charge in [0.15, 0.2) is 6.29 Å². The number of rotatable bonds is 5. The molecule has 1 heterocycles. The Balaban J connectivity index is 1.35. The van der Waals surface area contributed by atoms with E-state index >= 15 is 0 Å². The van der Waals surface area contributed by atoms with E-state index in [0.29, 0.717) is 35.4 Å². The molecule has 0 spiro atoms. The molecule has 0 aromatic carbocycles. The summed E-state index contributed by atoms with van der Waals surface area (Å²) in [4.78, 5) is 0. The highest BCUT2D eigenvalue weighted by molar-refractivity contribution is 5.11. The van der Waals surface area contributed by atoms with Crippen molar-refractivity contribution in [2.45, 2.75) is 103 Å². The van der Waals surface area contributed by atoms with Crippen LogP contribution in [0.1, 0.15) is 90.9 Å². The van der Waals surface area contributed by atoms with E-state index in [4.69, 9.17) is 9.47 Å². The van der Waals surface area contributed by atoms with Crippen molar-refractivity contribution in [1.29, 1.82) is 0 Å². The molecule has 5 rings (SSSR count). The Hall–Kier alpha value is -0.380. The number of hydrogen-bond acceptors (Lipinski definition) is 3. The molecular weight excluding hydrogens is 384 g/mol. The Morgan fingerprint density at radius 2 is 1.71 bits per heavy atom. The molecule has 0 amide bonds. The van der Waals surface area contributed by atoms with Gasteiger partial charge >= 0.3 is 0 Å². The fourth-order valence-electron chi connectivity index (χ4n) is 9.59. The summed E-state index contributed by atoms with van der Waals surface area (Å²) in [6.45, 7) is 10.6. The number of allylic oxidation sites excluding steroid dienone is 1. The third-order valence-corrected chi connectivity index (χ3v) is 11.2. The summed E-state index contributed by atoms with van der Waals surface area (Å²) in [5.74, 6) is 4.47. The molecule has 4 aliphatic carbocycles. The van der Waals surface area contributed by atoms with Crippen molar-refractivity contribution in [3.8, 4) is 0 Å². The maximum absolute atomic E-state index is 10.0. The largest absolute Gasteiger partial charge is 0.396 e. The average molecular weight is 431 g/mol. The van der Waals surface area contributed by atoms with E-state index in [1.807, 2.05) is 0 Å². The third kappa shape index (κ3) is 3.66. The van der Waals surface area contributed by atoms with Gasteiger partial charge in [0, 0.05) is 13.2 Å². The van der Waals surface area contributed by atoms with Crippen LogP contribution in [-0.4, -0.2) is 30.7 Å². The number of fused-ring (bicyclic) bond motifs is 5. The lowest BCUT2D eigenvalue weighted by atomic mass is 9.43. The molecule has 4 saturated carbocycles. The first-order valence-electron chi connectivity index (χ1n) is 13.5. The predicted octanol–water partition coefficient (Wildman–Crippen LogP) is 6.35. The van der Waals surface area contributed by atoms with Crippen molar-refractivity contribution in [2.24, 2.45) is 46.3 Å². The van der Waals surface area contributed by atoms with Gasteiger partial charge < -0.3 is 14.6 Å². The topological polar surface area (TPSA) is 38.7 Å². The first kappa shape index (κ1) is 22.4. The van der Waals surface area contributed by atoms with Crippen molar-refractivity contribution >= 4 is 0 Å². The summed E-state index contributed by atoms with van der Waals surface area (Å²) in [5.41, 5.74) is 0.834. The predicted molar refractivity (Wildman–Crippen MR) is 124 cm³/mol. The lowest BCUT2D eigenvalue weighted by Crippen LogP contribution is -2.57. The summed E-state index contributed by atoms with van der Waals surface area (Å²) in [5, 5.41) is 10.0. The monoisotopic (exact) mass is 430 g/mol. The van der Waals surface area contributed by atoms with Crippen LogP contribution < -0.4 is 0 Å². The van der Waals surface area contributed by atoms with E-state index in [1.54, 1.807) is 0 Å². The zero-order valence-corrected chi connectivity index (χ0v) is 20.1. The van der Waals surface area contributed by atoms with E-state index in [9.17, 15) is 5.11 Å². The lowest BCUT2D eigenvalue weighted by Gasteiger charge is -2.63. The Morgan fingerprint density at radius 3 is 2.45 bits per heavy atom. The normalized spacial score (nSPS) is 52.1. The molecule has 1 unspecified atom stereocenters. The van der Waals surface area contributed by atoms with Gasteiger partial charge in [-0.05, 0) is 123 Å². The first-order valence-corrected chi connectivity index (χ1v) is 13.5. The maximum Gasteiger partial charge on any atom is 0.157 e. The summed E-state index contributed by atoms with van der Waals surface area (Å²) in [7, 11) is 0.